The summed E-state index contributed by atoms with van der Waals surface area (Å²) in [6.07, 6.45) is 2.50. The number of hydrogen-bond acceptors (Lipinski definition) is 7. The van der Waals surface area contributed by atoms with Gasteiger partial charge < -0.3 is 9.63 Å². The Morgan fingerprint density at radius 3 is 2.63 bits per heavy atom. The minimum absolute atomic E-state index is 0.118. The number of para-hydroxylation sites is 2. The van der Waals surface area contributed by atoms with Crippen molar-refractivity contribution in [3.05, 3.63) is 48.7 Å². The molecular formula is C19H21N2O4PS. The summed E-state index contributed by atoms with van der Waals surface area (Å²) < 4.78 is 23.6. The van der Waals surface area contributed by atoms with Crippen molar-refractivity contribution < 1.29 is 18.7 Å². The van der Waals surface area contributed by atoms with E-state index in [0.717, 1.165) is 28.8 Å². The third-order valence-electron chi connectivity index (χ3n) is 3.65. The number of aromatic nitrogens is 2. The molecule has 0 aliphatic rings. The van der Waals surface area contributed by atoms with Gasteiger partial charge in [0.15, 0.2) is 11.5 Å². The van der Waals surface area contributed by atoms with Crippen LogP contribution >= 0.6 is 18.2 Å². The summed E-state index contributed by atoms with van der Waals surface area (Å²) in [5, 5.41) is 10.4. The molecule has 142 valence electrons. The Kier molecular flexibility index (Phi) is 6.37. The zero-order valence-electron chi connectivity index (χ0n) is 15.2. The van der Waals surface area contributed by atoms with Crippen LogP contribution in [-0.2, 0) is 9.09 Å². The number of fused-ring (bicyclic) bond motifs is 1. The fraction of sp³-hybridized carbons (Fsp3) is 0.263. The molecule has 8 heteroatoms. The summed E-state index contributed by atoms with van der Waals surface area (Å²) in [5.74, 6) is 0.635. The summed E-state index contributed by atoms with van der Waals surface area (Å²) in [5.41, 5.74) is 2.89. The zero-order valence-corrected chi connectivity index (χ0v) is 16.9. The minimum Gasteiger partial charge on any atom is -0.504 e. The van der Waals surface area contributed by atoms with Crippen molar-refractivity contribution >= 4 is 29.2 Å². The van der Waals surface area contributed by atoms with E-state index in [0.29, 0.717) is 17.0 Å². The Balaban J connectivity index is 1.87. The molecule has 1 aromatic heterocycles. The van der Waals surface area contributed by atoms with Gasteiger partial charge in [-0.2, -0.15) is 0 Å². The zero-order chi connectivity index (χ0) is 19.3. The van der Waals surface area contributed by atoms with E-state index in [1.165, 1.54) is 6.07 Å². The molecule has 0 aliphatic carbocycles. The molecule has 0 aliphatic heterocycles. The highest BCUT2D eigenvalue weighted by atomic mass is 32.7. The molecule has 0 radical (unpaired) electrons. The fourth-order valence-corrected chi connectivity index (χ4v) is 5.88. The van der Waals surface area contributed by atoms with Gasteiger partial charge in [-0.05, 0) is 55.1 Å². The van der Waals surface area contributed by atoms with Gasteiger partial charge in [0.05, 0.1) is 29.5 Å². The Labute approximate surface area is 162 Å². The lowest BCUT2D eigenvalue weighted by Gasteiger charge is -2.18. The first kappa shape index (κ1) is 19.7. The van der Waals surface area contributed by atoms with Crippen molar-refractivity contribution in [2.24, 2.45) is 0 Å². The van der Waals surface area contributed by atoms with E-state index in [4.69, 9.17) is 9.05 Å². The molecule has 0 fully saturated rings. The van der Waals surface area contributed by atoms with Crippen LogP contribution in [0.3, 0.4) is 0 Å². The van der Waals surface area contributed by atoms with Crippen LogP contribution in [0.5, 0.6) is 11.5 Å². The van der Waals surface area contributed by atoms with Crippen LogP contribution in [-0.4, -0.2) is 27.4 Å². The maximum atomic E-state index is 12.8. The van der Waals surface area contributed by atoms with Gasteiger partial charge in [0.25, 0.3) is 0 Å². The molecule has 3 aromatic rings. The predicted octanol–water partition coefficient (Wildman–Crippen LogP) is 5.67. The molecule has 0 amide bonds. The van der Waals surface area contributed by atoms with E-state index in [1.807, 2.05) is 31.2 Å². The van der Waals surface area contributed by atoms with E-state index < -0.39 is 6.80 Å². The van der Waals surface area contributed by atoms with Gasteiger partial charge in [0, 0.05) is 11.3 Å². The van der Waals surface area contributed by atoms with E-state index in [-0.39, 0.29) is 18.1 Å². The number of phenols is 1. The quantitative estimate of drug-likeness (QED) is 0.485. The van der Waals surface area contributed by atoms with Crippen molar-refractivity contribution in [2.75, 3.05) is 12.4 Å². The molecule has 0 saturated heterocycles. The lowest BCUT2D eigenvalue weighted by molar-refractivity contribution is 0.292. The van der Waals surface area contributed by atoms with Gasteiger partial charge in [-0.15, -0.1) is 0 Å². The molecule has 6 nitrogen and oxygen atoms in total. The molecule has 1 atom stereocenters. The normalized spacial score (nSPS) is 13.4. The largest absolute Gasteiger partial charge is 0.504 e. The molecule has 0 spiro atoms. The Morgan fingerprint density at radius 2 is 1.93 bits per heavy atom. The van der Waals surface area contributed by atoms with Crippen LogP contribution in [0.1, 0.15) is 20.3 Å². The first-order chi connectivity index (χ1) is 13.0. The molecule has 1 N–H and O–H groups in total. The van der Waals surface area contributed by atoms with Gasteiger partial charge in [-0.25, -0.2) is 9.55 Å². The number of nitrogens with zero attached hydrogens (tertiary/aromatic N) is 2. The summed E-state index contributed by atoms with van der Waals surface area (Å²) in [7, 11) is 0. The summed E-state index contributed by atoms with van der Waals surface area (Å²) >= 11 is 1.13. The van der Waals surface area contributed by atoms with E-state index >= 15 is 0 Å². The highest BCUT2D eigenvalue weighted by Gasteiger charge is 2.27. The monoisotopic (exact) mass is 404 g/mol. The van der Waals surface area contributed by atoms with Crippen LogP contribution in [0.2, 0.25) is 0 Å². The number of phenolic OH excluding ortho intramolecular Hbond substituents is 1. The maximum Gasteiger partial charge on any atom is 0.440 e. The molecule has 0 bridgehead atoms. The van der Waals surface area contributed by atoms with E-state index in [1.54, 1.807) is 25.3 Å². The molecule has 1 unspecified atom stereocenters. The maximum absolute atomic E-state index is 12.8. The number of benzene rings is 2. The molecule has 0 saturated carbocycles. The first-order valence-corrected chi connectivity index (χ1v) is 11.8. The second kappa shape index (κ2) is 8.74. The average Bonchev–Trinajstić information content (AvgIpc) is 2.68. The van der Waals surface area contributed by atoms with Crippen LogP contribution in [0.4, 0.5) is 0 Å². The van der Waals surface area contributed by atoms with E-state index in [9.17, 15) is 9.67 Å². The van der Waals surface area contributed by atoms with Crippen molar-refractivity contribution in [3.8, 4) is 22.8 Å². The molecule has 2 aromatic carbocycles. The Bertz CT molecular complexity index is 983. The van der Waals surface area contributed by atoms with Gasteiger partial charge in [-0.1, -0.05) is 19.1 Å². The molecule has 27 heavy (non-hydrogen) atoms. The second-order valence-electron chi connectivity index (χ2n) is 5.72. The van der Waals surface area contributed by atoms with Crippen LogP contribution in [0.25, 0.3) is 22.3 Å². The average molecular weight is 404 g/mol. The Hall–Kier alpha value is -2.08. The summed E-state index contributed by atoms with van der Waals surface area (Å²) in [6.45, 7) is 0.628. The minimum atomic E-state index is -3.38. The van der Waals surface area contributed by atoms with Crippen molar-refractivity contribution in [1.82, 2.24) is 9.97 Å². The van der Waals surface area contributed by atoms with Crippen LogP contribution in [0, 0.1) is 0 Å². The standard InChI is InChI=1S/C19H21N2O4PS/c1-3-11-27-26(23,24-4-2)25-19-10-9-14(12-18(19)22)17-13-20-15-7-5-6-8-16(15)21-17/h5-10,12-13,22H,3-4,11H2,1-2H3. The Morgan fingerprint density at radius 1 is 1.15 bits per heavy atom. The number of rotatable bonds is 8. The van der Waals surface area contributed by atoms with Gasteiger partial charge in [-0.3, -0.25) is 9.51 Å². The third kappa shape index (κ3) is 4.80. The smallest absolute Gasteiger partial charge is 0.440 e. The lowest BCUT2D eigenvalue weighted by Crippen LogP contribution is -1.97. The second-order valence-corrected chi connectivity index (χ2v) is 9.83. The summed E-state index contributed by atoms with van der Waals surface area (Å²) in [4.78, 5) is 8.95. The predicted molar refractivity (Wildman–Crippen MR) is 109 cm³/mol. The van der Waals surface area contributed by atoms with Gasteiger partial charge >= 0.3 is 6.80 Å². The van der Waals surface area contributed by atoms with Crippen molar-refractivity contribution in [1.29, 1.82) is 0 Å². The lowest BCUT2D eigenvalue weighted by atomic mass is 10.1. The van der Waals surface area contributed by atoms with Gasteiger partial charge in [0.2, 0.25) is 0 Å². The van der Waals surface area contributed by atoms with Crippen LogP contribution in [0.15, 0.2) is 48.7 Å². The van der Waals surface area contributed by atoms with Gasteiger partial charge in [0.1, 0.15) is 0 Å². The highest BCUT2D eigenvalue weighted by Crippen LogP contribution is 2.61. The first-order valence-electron chi connectivity index (χ1n) is 8.68. The van der Waals surface area contributed by atoms with Crippen molar-refractivity contribution in [3.63, 3.8) is 0 Å². The number of hydrogen-bond donors (Lipinski definition) is 1. The van der Waals surface area contributed by atoms with E-state index in [2.05, 4.69) is 9.97 Å². The highest BCUT2D eigenvalue weighted by molar-refractivity contribution is 8.55. The fourth-order valence-electron chi connectivity index (χ4n) is 2.42. The molecule has 3 rings (SSSR count). The molecule has 1 heterocycles. The topological polar surface area (TPSA) is 81.5 Å². The molecular weight excluding hydrogens is 383 g/mol. The third-order valence-corrected chi connectivity index (χ3v) is 7.59. The number of aromatic hydroxyl groups is 1. The SMILES string of the molecule is CCCSP(=O)(OCC)Oc1ccc(-c2cnc3ccccc3n2)cc1O. The van der Waals surface area contributed by atoms with Crippen molar-refractivity contribution in [2.45, 2.75) is 20.3 Å². The van der Waals surface area contributed by atoms with Crippen LogP contribution < -0.4 is 4.52 Å². The summed E-state index contributed by atoms with van der Waals surface area (Å²) in [6, 6.07) is 12.4.